The van der Waals surface area contributed by atoms with Crippen molar-refractivity contribution in [1.82, 2.24) is 20.3 Å². The first-order valence-corrected chi connectivity index (χ1v) is 8.30. The third-order valence-corrected chi connectivity index (χ3v) is 4.40. The van der Waals surface area contributed by atoms with Gasteiger partial charge in [0.15, 0.2) is 0 Å². The van der Waals surface area contributed by atoms with Crippen molar-refractivity contribution in [2.75, 3.05) is 6.54 Å². The lowest BCUT2D eigenvalue weighted by atomic mass is 10.1. The van der Waals surface area contributed by atoms with Crippen molar-refractivity contribution in [2.24, 2.45) is 0 Å². The van der Waals surface area contributed by atoms with E-state index in [4.69, 9.17) is 0 Å². The van der Waals surface area contributed by atoms with Gasteiger partial charge in [0.05, 0.1) is 22.6 Å². The highest BCUT2D eigenvalue weighted by Crippen LogP contribution is 2.20. The number of nitrogens with one attached hydrogen (secondary N) is 1. The van der Waals surface area contributed by atoms with Gasteiger partial charge in [-0.15, -0.1) is 11.3 Å². The fraction of sp³-hybridized carbons (Fsp3) is 0.235. The standard InChI is InChI=1S/C17H17FN4S/c1-12(13-8-14(18)10-19-9-13)20-7-5-17-22-16(11-23-17)15-4-2-3-6-21-15/h2-4,6,8-12,20H,5,7H2,1H3. The summed E-state index contributed by atoms with van der Waals surface area (Å²) in [6.07, 6.45) is 5.49. The Bertz CT molecular complexity index is 760. The van der Waals surface area contributed by atoms with Crippen LogP contribution < -0.4 is 5.32 Å². The van der Waals surface area contributed by atoms with Gasteiger partial charge < -0.3 is 5.32 Å². The molecule has 0 saturated heterocycles. The largest absolute Gasteiger partial charge is 0.310 e. The van der Waals surface area contributed by atoms with E-state index in [1.165, 1.54) is 12.3 Å². The molecule has 0 amide bonds. The van der Waals surface area contributed by atoms with Crippen LogP contribution in [-0.4, -0.2) is 21.5 Å². The average molecular weight is 328 g/mol. The van der Waals surface area contributed by atoms with Crippen molar-refractivity contribution >= 4 is 11.3 Å². The molecule has 0 spiro atoms. The van der Waals surface area contributed by atoms with Crippen molar-refractivity contribution in [3.05, 3.63) is 64.6 Å². The second-order valence-corrected chi connectivity index (χ2v) is 6.15. The summed E-state index contributed by atoms with van der Waals surface area (Å²) in [5, 5.41) is 6.45. The molecule has 1 N–H and O–H groups in total. The molecule has 0 aliphatic carbocycles. The zero-order valence-electron chi connectivity index (χ0n) is 12.7. The van der Waals surface area contributed by atoms with Gasteiger partial charge in [-0.1, -0.05) is 6.07 Å². The Morgan fingerprint density at radius 2 is 2.17 bits per heavy atom. The van der Waals surface area contributed by atoms with Gasteiger partial charge in [-0.05, 0) is 30.7 Å². The molecule has 3 aromatic heterocycles. The smallest absolute Gasteiger partial charge is 0.141 e. The summed E-state index contributed by atoms with van der Waals surface area (Å²) in [5.74, 6) is -0.309. The van der Waals surface area contributed by atoms with Crippen molar-refractivity contribution < 1.29 is 4.39 Å². The molecule has 0 fully saturated rings. The fourth-order valence-electron chi connectivity index (χ4n) is 2.24. The molecule has 0 aliphatic heterocycles. The number of hydrogen-bond acceptors (Lipinski definition) is 5. The molecule has 0 aliphatic rings. The first-order chi connectivity index (χ1) is 11.2. The SMILES string of the molecule is CC(NCCc1nc(-c2ccccn2)cs1)c1cncc(F)c1. The average Bonchev–Trinajstić information content (AvgIpc) is 3.04. The van der Waals surface area contributed by atoms with E-state index in [-0.39, 0.29) is 11.9 Å². The molecule has 0 bridgehead atoms. The number of rotatable bonds is 6. The number of nitrogens with zero attached hydrogens (tertiary/aromatic N) is 3. The Morgan fingerprint density at radius 1 is 1.26 bits per heavy atom. The van der Waals surface area contributed by atoms with Crippen molar-refractivity contribution in [3.8, 4) is 11.4 Å². The number of thiazole rings is 1. The second-order valence-electron chi connectivity index (χ2n) is 5.20. The molecule has 4 nitrogen and oxygen atoms in total. The highest BCUT2D eigenvalue weighted by molar-refractivity contribution is 7.09. The first kappa shape index (κ1) is 15.7. The second kappa shape index (κ2) is 7.39. The molecule has 0 aromatic carbocycles. The van der Waals surface area contributed by atoms with E-state index in [1.807, 2.05) is 30.5 Å². The minimum absolute atomic E-state index is 0.0495. The predicted octanol–water partition coefficient (Wildman–Crippen LogP) is 3.63. The zero-order valence-corrected chi connectivity index (χ0v) is 13.6. The van der Waals surface area contributed by atoms with Crippen LogP contribution in [0.25, 0.3) is 11.4 Å². The van der Waals surface area contributed by atoms with Gasteiger partial charge in [0.2, 0.25) is 0 Å². The van der Waals surface area contributed by atoms with Gasteiger partial charge in [-0.25, -0.2) is 9.37 Å². The predicted molar refractivity (Wildman–Crippen MR) is 89.7 cm³/mol. The van der Waals surface area contributed by atoms with Gasteiger partial charge in [0.25, 0.3) is 0 Å². The summed E-state index contributed by atoms with van der Waals surface area (Å²) in [5.41, 5.74) is 2.65. The van der Waals surface area contributed by atoms with Crippen LogP contribution in [0.3, 0.4) is 0 Å². The minimum atomic E-state index is -0.309. The number of pyridine rings is 2. The molecule has 3 heterocycles. The van der Waals surface area contributed by atoms with E-state index in [2.05, 4.69) is 20.3 Å². The molecule has 1 atom stereocenters. The summed E-state index contributed by atoms with van der Waals surface area (Å²) in [6, 6.07) is 7.36. The van der Waals surface area contributed by atoms with Gasteiger partial charge in [0.1, 0.15) is 5.82 Å². The van der Waals surface area contributed by atoms with Crippen molar-refractivity contribution in [2.45, 2.75) is 19.4 Å². The van der Waals surface area contributed by atoms with E-state index in [9.17, 15) is 4.39 Å². The van der Waals surface area contributed by atoms with Crippen LogP contribution in [0.2, 0.25) is 0 Å². The molecule has 1 unspecified atom stereocenters. The van der Waals surface area contributed by atoms with Gasteiger partial charge >= 0.3 is 0 Å². The Labute approximate surface area is 138 Å². The van der Waals surface area contributed by atoms with E-state index in [0.717, 1.165) is 34.9 Å². The fourth-order valence-corrected chi connectivity index (χ4v) is 3.03. The highest BCUT2D eigenvalue weighted by atomic mass is 32.1. The van der Waals surface area contributed by atoms with Crippen LogP contribution in [0.1, 0.15) is 23.5 Å². The van der Waals surface area contributed by atoms with Gasteiger partial charge in [-0.3, -0.25) is 9.97 Å². The molecular formula is C17H17FN4S. The lowest BCUT2D eigenvalue weighted by Crippen LogP contribution is -2.21. The first-order valence-electron chi connectivity index (χ1n) is 7.42. The number of hydrogen-bond donors (Lipinski definition) is 1. The summed E-state index contributed by atoms with van der Waals surface area (Å²) in [4.78, 5) is 12.8. The molecule has 3 rings (SSSR count). The van der Waals surface area contributed by atoms with Crippen molar-refractivity contribution in [1.29, 1.82) is 0 Å². The molecule has 118 valence electrons. The Balaban J connectivity index is 1.54. The third kappa shape index (κ3) is 4.18. The summed E-state index contributed by atoms with van der Waals surface area (Å²) < 4.78 is 13.2. The summed E-state index contributed by atoms with van der Waals surface area (Å²) in [6.45, 7) is 2.77. The number of aromatic nitrogens is 3. The third-order valence-electron chi connectivity index (χ3n) is 3.49. The highest BCUT2D eigenvalue weighted by Gasteiger charge is 2.08. The molecular weight excluding hydrogens is 311 g/mol. The molecule has 3 aromatic rings. The quantitative estimate of drug-likeness (QED) is 0.751. The lowest BCUT2D eigenvalue weighted by molar-refractivity contribution is 0.562. The summed E-state index contributed by atoms with van der Waals surface area (Å²) in [7, 11) is 0. The van der Waals surface area contributed by atoms with Crippen molar-refractivity contribution in [3.63, 3.8) is 0 Å². The van der Waals surface area contributed by atoms with Crippen LogP contribution in [0, 0.1) is 5.82 Å². The van der Waals surface area contributed by atoms with Gasteiger partial charge in [0, 0.05) is 36.8 Å². The van der Waals surface area contributed by atoms with Crippen LogP contribution >= 0.6 is 11.3 Å². The van der Waals surface area contributed by atoms with Crippen LogP contribution in [0.4, 0.5) is 4.39 Å². The van der Waals surface area contributed by atoms with Crippen LogP contribution in [0.15, 0.2) is 48.2 Å². The van der Waals surface area contributed by atoms with Crippen LogP contribution in [-0.2, 0) is 6.42 Å². The minimum Gasteiger partial charge on any atom is -0.310 e. The molecule has 0 saturated carbocycles. The zero-order chi connectivity index (χ0) is 16.1. The monoisotopic (exact) mass is 328 g/mol. The maximum absolute atomic E-state index is 13.2. The van der Waals surface area contributed by atoms with E-state index in [0.29, 0.717) is 0 Å². The normalized spacial score (nSPS) is 12.3. The lowest BCUT2D eigenvalue weighted by Gasteiger charge is -2.13. The van der Waals surface area contributed by atoms with Crippen LogP contribution in [0.5, 0.6) is 0 Å². The maximum Gasteiger partial charge on any atom is 0.141 e. The summed E-state index contributed by atoms with van der Waals surface area (Å²) >= 11 is 1.63. The molecule has 23 heavy (non-hydrogen) atoms. The topological polar surface area (TPSA) is 50.7 Å². The van der Waals surface area contributed by atoms with E-state index >= 15 is 0 Å². The van der Waals surface area contributed by atoms with Gasteiger partial charge in [-0.2, -0.15) is 0 Å². The maximum atomic E-state index is 13.2. The molecule has 0 radical (unpaired) electrons. The Kier molecular flexibility index (Phi) is 5.05. The molecule has 6 heteroatoms. The Morgan fingerprint density at radius 3 is 2.96 bits per heavy atom. The van der Waals surface area contributed by atoms with E-state index < -0.39 is 0 Å². The van der Waals surface area contributed by atoms with E-state index in [1.54, 1.807) is 23.7 Å². The number of halogens is 1. The Hall–Kier alpha value is -2.18.